The molecule has 0 aromatic heterocycles. The van der Waals surface area contributed by atoms with Gasteiger partial charge in [-0.3, -0.25) is 0 Å². The molecule has 3 heteroatoms. The second-order valence-electron chi connectivity index (χ2n) is 4.82. The Hall–Kier alpha value is -1.74. The number of aryl methyl sites for hydroxylation is 1. The lowest BCUT2D eigenvalue weighted by Gasteiger charge is -2.30. The summed E-state index contributed by atoms with van der Waals surface area (Å²) in [7, 11) is 0. The molecule has 0 spiro atoms. The van der Waals surface area contributed by atoms with Crippen molar-refractivity contribution in [1.82, 2.24) is 0 Å². The molecule has 2 aromatic rings. The van der Waals surface area contributed by atoms with Gasteiger partial charge in [0, 0.05) is 5.56 Å². The van der Waals surface area contributed by atoms with Crippen molar-refractivity contribution in [2.24, 2.45) is 5.73 Å². The van der Waals surface area contributed by atoms with Crippen LogP contribution in [-0.2, 0) is 5.54 Å². The zero-order chi connectivity index (χ0) is 14.0. The lowest BCUT2D eigenvalue weighted by Crippen LogP contribution is -2.38. The van der Waals surface area contributed by atoms with E-state index < -0.39 is 5.54 Å². The number of nitrogens with two attached hydrogens (primary N) is 1. The third-order valence-electron chi connectivity index (χ3n) is 3.50. The van der Waals surface area contributed by atoms with Crippen molar-refractivity contribution < 1.29 is 8.78 Å². The quantitative estimate of drug-likeness (QED) is 0.891. The number of rotatable bonds is 3. The van der Waals surface area contributed by atoms with Crippen molar-refractivity contribution in [2.45, 2.75) is 25.8 Å². The average Bonchev–Trinajstić information content (AvgIpc) is 2.40. The minimum absolute atomic E-state index is 0.362. The summed E-state index contributed by atoms with van der Waals surface area (Å²) in [5.41, 5.74) is 7.27. The van der Waals surface area contributed by atoms with Gasteiger partial charge in [0.15, 0.2) is 0 Å². The zero-order valence-electron chi connectivity index (χ0n) is 11.1. The monoisotopic (exact) mass is 261 g/mol. The normalized spacial score (nSPS) is 14.2. The molecule has 0 saturated carbocycles. The van der Waals surface area contributed by atoms with Crippen LogP contribution in [0.1, 0.15) is 30.0 Å². The van der Waals surface area contributed by atoms with E-state index >= 15 is 0 Å². The highest BCUT2D eigenvalue weighted by Crippen LogP contribution is 2.32. The Balaban J connectivity index is 2.62. The first-order chi connectivity index (χ1) is 8.97. The van der Waals surface area contributed by atoms with Gasteiger partial charge in [0.25, 0.3) is 0 Å². The van der Waals surface area contributed by atoms with E-state index in [0.29, 0.717) is 17.5 Å². The minimum Gasteiger partial charge on any atom is -0.318 e. The van der Waals surface area contributed by atoms with Gasteiger partial charge in [-0.25, -0.2) is 8.78 Å². The van der Waals surface area contributed by atoms with Crippen LogP contribution in [0, 0.1) is 18.6 Å². The van der Waals surface area contributed by atoms with Crippen LogP contribution in [-0.4, -0.2) is 0 Å². The van der Waals surface area contributed by atoms with Crippen LogP contribution in [0.5, 0.6) is 0 Å². The summed E-state index contributed by atoms with van der Waals surface area (Å²) in [6, 6.07) is 10.9. The van der Waals surface area contributed by atoms with Crippen LogP contribution in [0.3, 0.4) is 0 Å². The predicted molar refractivity (Wildman–Crippen MR) is 72.8 cm³/mol. The largest absolute Gasteiger partial charge is 0.318 e. The Morgan fingerprint density at radius 1 is 1.11 bits per heavy atom. The highest BCUT2D eigenvalue weighted by atomic mass is 19.1. The van der Waals surface area contributed by atoms with E-state index in [-0.39, 0.29) is 11.6 Å². The van der Waals surface area contributed by atoms with Crippen LogP contribution in [0.2, 0.25) is 0 Å². The van der Waals surface area contributed by atoms with Crippen LogP contribution in [0.15, 0.2) is 42.5 Å². The van der Waals surface area contributed by atoms with Crippen molar-refractivity contribution >= 4 is 0 Å². The van der Waals surface area contributed by atoms with E-state index in [9.17, 15) is 8.78 Å². The predicted octanol–water partition coefficient (Wildman–Crippen LogP) is 3.89. The molecule has 0 aliphatic heterocycles. The highest BCUT2D eigenvalue weighted by molar-refractivity contribution is 5.40. The summed E-state index contributed by atoms with van der Waals surface area (Å²) < 4.78 is 27.4. The zero-order valence-corrected chi connectivity index (χ0v) is 11.1. The molecule has 2 aromatic carbocycles. The fourth-order valence-electron chi connectivity index (χ4n) is 2.30. The van der Waals surface area contributed by atoms with Crippen molar-refractivity contribution in [3.63, 3.8) is 0 Å². The molecule has 0 saturated heterocycles. The smallest absolute Gasteiger partial charge is 0.128 e. The molecule has 0 bridgehead atoms. The molecule has 1 nitrogen and oxygen atoms in total. The minimum atomic E-state index is -1.02. The summed E-state index contributed by atoms with van der Waals surface area (Å²) in [5.74, 6) is -0.729. The molecular weight excluding hydrogens is 244 g/mol. The first-order valence-electron chi connectivity index (χ1n) is 6.29. The summed E-state index contributed by atoms with van der Waals surface area (Å²) >= 11 is 0. The first kappa shape index (κ1) is 13.7. The molecule has 19 heavy (non-hydrogen) atoms. The van der Waals surface area contributed by atoms with E-state index in [1.807, 2.05) is 13.8 Å². The Labute approximate surface area is 112 Å². The second-order valence-corrected chi connectivity index (χ2v) is 4.82. The number of benzene rings is 2. The first-order valence-corrected chi connectivity index (χ1v) is 6.29. The van der Waals surface area contributed by atoms with Crippen LogP contribution in [0.4, 0.5) is 8.78 Å². The topological polar surface area (TPSA) is 26.0 Å². The lowest BCUT2D eigenvalue weighted by molar-refractivity contribution is 0.475. The molecule has 1 unspecified atom stereocenters. The van der Waals surface area contributed by atoms with Gasteiger partial charge in [0.1, 0.15) is 11.6 Å². The Kier molecular flexibility index (Phi) is 3.67. The van der Waals surface area contributed by atoms with Gasteiger partial charge in [-0.2, -0.15) is 0 Å². The van der Waals surface area contributed by atoms with Crippen LogP contribution in [0.25, 0.3) is 0 Å². The molecule has 0 heterocycles. The van der Waals surface area contributed by atoms with Gasteiger partial charge in [0.05, 0.1) is 5.54 Å². The van der Waals surface area contributed by atoms with Crippen molar-refractivity contribution in [2.75, 3.05) is 0 Å². The average molecular weight is 261 g/mol. The molecule has 2 rings (SSSR count). The van der Waals surface area contributed by atoms with E-state index in [4.69, 9.17) is 5.73 Å². The second kappa shape index (κ2) is 5.10. The van der Waals surface area contributed by atoms with E-state index in [1.54, 1.807) is 24.3 Å². The Morgan fingerprint density at radius 2 is 1.84 bits per heavy atom. The summed E-state index contributed by atoms with van der Waals surface area (Å²) in [6.45, 7) is 3.75. The van der Waals surface area contributed by atoms with Crippen molar-refractivity contribution in [3.05, 3.63) is 70.8 Å². The van der Waals surface area contributed by atoms with Crippen LogP contribution >= 0.6 is 0 Å². The van der Waals surface area contributed by atoms with E-state index in [1.165, 1.54) is 18.2 Å². The Bertz CT molecular complexity index is 595. The fourth-order valence-corrected chi connectivity index (χ4v) is 2.30. The highest BCUT2D eigenvalue weighted by Gasteiger charge is 2.30. The maximum atomic E-state index is 14.1. The Morgan fingerprint density at radius 3 is 2.47 bits per heavy atom. The maximum Gasteiger partial charge on any atom is 0.128 e. The maximum absolute atomic E-state index is 14.1. The molecule has 2 N–H and O–H groups in total. The number of halogens is 2. The SMILES string of the molecule is CCC(N)(c1cccc(F)c1)c1cc(C)ccc1F. The summed E-state index contributed by atoms with van der Waals surface area (Å²) in [4.78, 5) is 0. The summed E-state index contributed by atoms with van der Waals surface area (Å²) in [5, 5.41) is 0. The van der Waals surface area contributed by atoms with Crippen molar-refractivity contribution in [1.29, 1.82) is 0 Å². The van der Waals surface area contributed by atoms with Gasteiger partial charge < -0.3 is 5.73 Å². The number of hydrogen-bond acceptors (Lipinski definition) is 1. The summed E-state index contributed by atoms with van der Waals surface area (Å²) in [6.07, 6.45) is 0.483. The van der Waals surface area contributed by atoms with Crippen LogP contribution < -0.4 is 5.73 Å². The molecule has 0 aliphatic rings. The molecule has 0 fully saturated rings. The fraction of sp³-hybridized carbons (Fsp3) is 0.250. The van der Waals surface area contributed by atoms with Gasteiger partial charge in [-0.05, 0) is 37.1 Å². The standard InChI is InChI=1S/C16H17F2N/c1-3-16(19,12-5-4-6-13(17)10-12)14-9-11(2)7-8-15(14)18/h4-10H,3,19H2,1-2H3. The van der Waals surface area contributed by atoms with Gasteiger partial charge in [-0.15, -0.1) is 0 Å². The lowest BCUT2D eigenvalue weighted by atomic mass is 9.81. The van der Waals surface area contributed by atoms with Gasteiger partial charge >= 0.3 is 0 Å². The third-order valence-corrected chi connectivity index (χ3v) is 3.50. The molecule has 0 aliphatic carbocycles. The van der Waals surface area contributed by atoms with Crippen molar-refractivity contribution in [3.8, 4) is 0 Å². The molecule has 0 radical (unpaired) electrons. The molecule has 1 atom stereocenters. The van der Waals surface area contributed by atoms with Gasteiger partial charge in [-0.1, -0.05) is 36.8 Å². The van der Waals surface area contributed by atoms with E-state index in [2.05, 4.69) is 0 Å². The third kappa shape index (κ3) is 2.51. The molecular formula is C16H17F2N. The molecule has 0 amide bonds. The number of hydrogen-bond donors (Lipinski definition) is 1. The molecule has 100 valence electrons. The van der Waals surface area contributed by atoms with Gasteiger partial charge in [0.2, 0.25) is 0 Å². The van der Waals surface area contributed by atoms with E-state index in [0.717, 1.165) is 5.56 Å².